The maximum Gasteiger partial charge on any atom is 0.410 e. The Hall–Kier alpha value is -1.63. The van der Waals surface area contributed by atoms with E-state index < -0.39 is 5.60 Å². The number of likely N-dealkylation sites (tertiary alicyclic amines) is 1. The maximum atomic E-state index is 12.3. The number of aryl methyl sites for hydroxylation is 1. The molecule has 0 aromatic carbocycles. The molecule has 1 aliphatic rings. The molecule has 1 aliphatic heterocycles. The highest BCUT2D eigenvalue weighted by Gasteiger charge is 2.34. The third-order valence-electron chi connectivity index (χ3n) is 3.54. The minimum atomic E-state index is -0.501. The molecule has 1 aromatic heterocycles. The van der Waals surface area contributed by atoms with Gasteiger partial charge in [0.05, 0.1) is 19.6 Å². The van der Waals surface area contributed by atoms with E-state index in [9.17, 15) is 9.59 Å². The van der Waals surface area contributed by atoms with Crippen molar-refractivity contribution in [2.24, 2.45) is 0 Å². The maximum absolute atomic E-state index is 12.3. The number of ether oxygens (including phenoxy) is 2. The molecule has 1 fully saturated rings. The van der Waals surface area contributed by atoms with E-state index in [0.29, 0.717) is 19.4 Å². The minimum absolute atomic E-state index is 0.0262. The lowest BCUT2D eigenvalue weighted by atomic mass is 10.2. The van der Waals surface area contributed by atoms with Crippen LogP contribution in [0.5, 0.6) is 0 Å². The van der Waals surface area contributed by atoms with Crippen LogP contribution in [0.4, 0.5) is 4.79 Å². The highest BCUT2D eigenvalue weighted by Crippen LogP contribution is 2.35. The number of hydrogen-bond donors (Lipinski definition) is 0. The summed E-state index contributed by atoms with van der Waals surface area (Å²) >= 11 is 1.55. The lowest BCUT2D eigenvalue weighted by Gasteiger charge is -2.27. The Morgan fingerprint density at radius 3 is 2.83 bits per heavy atom. The number of carbonyl (C=O) groups excluding carboxylic acids is 2. The van der Waals surface area contributed by atoms with Crippen molar-refractivity contribution in [2.75, 3.05) is 13.7 Å². The molecule has 23 heavy (non-hydrogen) atoms. The average Bonchev–Trinajstić information content (AvgIpc) is 3.11. The summed E-state index contributed by atoms with van der Waals surface area (Å²) in [5.41, 5.74) is -0.501. The van der Waals surface area contributed by atoms with Crippen molar-refractivity contribution >= 4 is 23.4 Å². The zero-order chi connectivity index (χ0) is 17.0. The Balaban J connectivity index is 2.01. The molecule has 128 valence electrons. The lowest BCUT2D eigenvalue weighted by Crippen LogP contribution is -2.36. The summed E-state index contributed by atoms with van der Waals surface area (Å²) in [4.78, 5) is 30.8. The van der Waals surface area contributed by atoms with E-state index in [1.165, 1.54) is 7.11 Å². The first-order valence-corrected chi connectivity index (χ1v) is 8.63. The summed E-state index contributed by atoms with van der Waals surface area (Å²) in [7, 11) is 1.39. The molecule has 1 saturated heterocycles. The van der Waals surface area contributed by atoms with Crippen molar-refractivity contribution in [3.8, 4) is 0 Å². The predicted molar refractivity (Wildman–Crippen MR) is 87.4 cm³/mol. The van der Waals surface area contributed by atoms with E-state index in [4.69, 9.17) is 4.74 Å². The topological polar surface area (TPSA) is 68.7 Å². The van der Waals surface area contributed by atoms with E-state index in [1.807, 2.05) is 20.8 Å². The monoisotopic (exact) mass is 340 g/mol. The van der Waals surface area contributed by atoms with Crippen molar-refractivity contribution in [1.82, 2.24) is 9.88 Å². The number of carbonyl (C=O) groups is 2. The van der Waals surface area contributed by atoms with Crippen LogP contribution in [0.3, 0.4) is 0 Å². The summed E-state index contributed by atoms with van der Waals surface area (Å²) in [5, 5.41) is 0.910. The van der Waals surface area contributed by atoms with Gasteiger partial charge in [-0.25, -0.2) is 9.78 Å². The van der Waals surface area contributed by atoms with Gasteiger partial charge in [-0.05, 0) is 40.0 Å². The van der Waals surface area contributed by atoms with Crippen LogP contribution in [-0.4, -0.2) is 41.2 Å². The Labute approximate surface area is 140 Å². The fraction of sp³-hybridized carbons (Fsp3) is 0.688. The van der Waals surface area contributed by atoms with E-state index in [0.717, 1.165) is 22.7 Å². The second kappa shape index (κ2) is 7.29. The van der Waals surface area contributed by atoms with Gasteiger partial charge in [0.25, 0.3) is 0 Å². The Morgan fingerprint density at radius 2 is 2.17 bits per heavy atom. The number of aromatic nitrogens is 1. The van der Waals surface area contributed by atoms with Crippen LogP contribution >= 0.6 is 11.3 Å². The van der Waals surface area contributed by atoms with Gasteiger partial charge in [0, 0.05) is 17.6 Å². The molecule has 0 unspecified atom stereocenters. The average molecular weight is 340 g/mol. The van der Waals surface area contributed by atoms with Crippen LogP contribution in [-0.2, 0) is 20.7 Å². The Kier molecular flexibility index (Phi) is 5.62. The van der Waals surface area contributed by atoms with Gasteiger partial charge >= 0.3 is 12.1 Å². The molecule has 1 aromatic rings. The van der Waals surface area contributed by atoms with Gasteiger partial charge < -0.3 is 9.47 Å². The Bertz CT molecular complexity index is 565. The van der Waals surface area contributed by atoms with Crippen LogP contribution in [0.25, 0.3) is 0 Å². The Morgan fingerprint density at radius 1 is 1.43 bits per heavy atom. The summed E-state index contributed by atoms with van der Waals surface area (Å²) < 4.78 is 10.1. The second-order valence-corrected chi connectivity index (χ2v) is 7.72. The largest absolute Gasteiger partial charge is 0.469 e. The van der Waals surface area contributed by atoms with Crippen LogP contribution in [0.2, 0.25) is 0 Å². The number of nitrogens with zero attached hydrogens (tertiary/aromatic N) is 2. The first-order chi connectivity index (χ1) is 10.8. The van der Waals surface area contributed by atoms with Crippen LogP contribution < -0.4 is 0 Å². The molecule has 0 saturated carbocycles. The summed E-state index contributed by atoms with van der Waals surface area (Å²) in [6.07, 6.45) is 4.30. The summed E-state index contributed by atoms with van der Waals surface area (Å²) in [6.45, 7) is 6.29. The highest BCUT2D eigenvalue weighted by molar-refractivity contribution is 7.11. The normalized spacial score (nSPS) is 18.1. The van der Waals surface area contributed by atoms with Crippen molar-refractivity contribution in [1.29, 1.82) is 0 Å². The fourth-order valence-electron chi connectivity index (χ4n) is 2.48. The lowest BCUT2D eigenvalue weighted by molar-refractivity contribution is -0.140. The quantitative estimate of drug-likeness (QED) is 0.787. The van der Waals surface area contributed by atoms with E-state index in [-0.39, 0.29) is 18.1 Å². The minimum Gasteiger partial charge on any atom is -0.469 e. The van der Waals surface area contributed by atoms with E-state index in [1.54, 1.807) is 22.4 Å². The third-order valence-corrected chi connectivity index (χ3v) is 4.70. The zero-order valence-electron chi connectivity index (χ0n) is 14.1. The summed E-state index contributed by atoms with van der Waals surface area (Å²) in [6, 6.07) is -0.0262. The van der Waals surface area contributed by atoms with Gasteiger partial charge in [-0.15, -0.1) is 11.3 Å². The molecule has 0 aliphatic carbocycles. The predicted octanol–water partition coefficient (Wildman–Crippen LogP) is 3.32. The van der Waals surface area contributed by atoms with E-state index in [2.05, 4.69) is 9.72 Å². The van der Waals surface area contributed by atoms with Crippen molar-refractivity contribution in [3.63, 3.8) is 0 Å². The third kappa shape index (κ3) is 4.92. The number of hydrogen-bond acceptors (Lipinski definition) is 6. The molecule has 0 bridgehead atoms. The van der Waals surface area contributed by atoms with Gasteiger partial charge in [-0.3, -0.25) is 9.69 Å². The molecule has 2 rings (SSSR count). The molecule has 2 heterocycles. The standard InChI is InChI=1S/C16H24N2O4S/c1-16(2,3)22-15(20)18-9-5-6-12(18)14-17-10-11(23-14)7-8-13(19)21-4/h10,12H,5-9H2,1-4H3/t12-/m0/s1. The molecule has 1 atom stereocenters. The second-order valence-electron chi connectivity index (χ2n) is 6.57. The van der Waals surface area contributed by atoms with Gasteiger partial charge in [0.2, 0.25) is 0 Å². The number of thiazole rings is 1. The molecule has 0 N–H and O–H groups in total. The van der Waals surface area contributed by atoms with Crippen molar-refractivity contribution < 1.29 is 19.1 Å². The molecular weight excluding hydrogens is 316 g/mol. The number of methoxy groups -OCH3 is 1. The van der Waals surface area contributed by atoms with Crippen LogP contribution in [0.15, 0.2) is 6.20 Å². The first-order valence-electron chi connectivity index (χ1n) is 7.81. The molecular formula is C16H24N2O4S. The van der Waals surface area contributed by atoms with Crippen molar-refractivity contribution in [3.05, 3.63) is 16.1 Å². The van der Waals surface area contributed by atoms with Gasteiger partial charge in [-0.2, -0.15) is 0 Å². The zero-order valence-corrected chi connectivity index (χ0v) is 14.9. The molecule has 0 radical (unpaired) electrons. The van der Waals surface area contributed by atoms with Crippen molar-refractivity contribution in [2.45, 2.75) is 58.1 Å². The number of esters is 1. The number of rotatable bonds is 4. The van der Waals surface area contributed by atoms with E-state index >= 15 is 0 Å². The van der Waals surface area contributed by atoms with Gasteiger partial charge in [-0.1, -0.05) is 0 Å². The molecule has 7 heteroatoms. The molecule has 1 amide bonds. The van der Waals surface area contributed by atoms with Gasteiger partial charge in [0.1, 0.15) is 10.6 Å². The van der Waals surface area contributed by atoms with Gasteiger partial charge in [0.15, 0.2) is 0 Å². The fourth-order valence-corrected chi connectivity index (χ4v) is 3.55. The molecule has 0 spiro atoms. The molecule has 6 nitrogen and oxygen atoms in total. The SMILES string of the molecule is COC(=O)CCc1cnc([C@@H]2CCCN2C(=O)OC(C)(C)C)s1. The summed E-state index contributed by atoms with van der Waals surface area (Å²) in [5.74, 6) is -0.226. The first kappa shape index (κ1) is 17.7. The van der Waals surface area contributed by atoms with Crippen LogP contribution in [0.1, 0.15) is 56.0 Å². The number of amides is 1. The smallest absolute Gasteiger partial charge is 0.410 e. The van der Waals surface area contributed by atoms with Crippen LogP contribution in [0, 0.1) is 0 Å². The highest BCUT2D eigenvalue weighted by atomic mass is 32.1.